The zero-order valence-corrected chi connectivity index (χ0v) is 16.0. The average molecular weight is 415 g/mol. The fourth-order valence-electron chi connectivity index (χ4n) is 2.47. The normalized spacial score (nSPS) is 10.5. The fourth-order valence-corrected chi connectivity index (χ4v) is 2.47. The highest BCUT2D eigenvalue weighted by molar-refractivity contribution is 5.94. The summed E-state index contributed by atoms with van der Waals surface area (Å²) in [4.78, 5) is 35.8. The summed E-state index contributed by atoms with van der Waals surface area (Å²) in [7, 11) is 0. The van der Waals surface area contributed by atoms with Crippen molar-refractivity contribution in [2.45, 2.75) is 13.5 Å². The van der Waals surface area contributed by atoms with E-state index >= 15 is 0 Å². The number of carbonyl (C=O) groups excluding carboxylic acids is 2. The molecular formula is C20H18FN3O6. The van der Waals surface area contributed by atoms with Crippen molar-refractivity contribution in [1.29, 1.82) is 0 Å². The summed E-state index contributed by atoms with van der Waals surface area (Å²) in [5, 5.41) is 6.46. The molecule has 0 aliphatic carbocycles. The number of hydrogen-bond donors (Lipinski definition) is 1. The monoisotopic (exact) mass is 415 g/mol. The summed E-state index contributed by atoms with van der Waals surface area (Å²) >= 11 is 0. The molecule has 0 unspecified atom stereocenters. The molecule has 0 aliphatic heterocycles. The molecule has 156 valence electrons. The SMILES string of the molecule is CCOc1ccccc1NC(=O)COC(=O)Cn1nc(-c2ccc(F)cc2)oc1=O. The first-order valence-electron chi connectivity index (χ1n) is 8.97. The molecule has 0 radical (unpaired) electrons. The van der Waals surface area contributed by atoms with Crippen LogP contribution in [0.5, 0.6) is 5.75 Å². The average Bonchev–Trinajstić information content (AvgIpc) is 3.09. The number of rotatable bonds is 8. The number of benzene rings is 2. The van der Waals surface area contributed by atoms with Crippen LogP contribution in [0.1, 0.15) is 6.92 Å². The number of nitrogens with one attached hydrogen (secondary N) is 1. The van der Waals surface area contributed by atoms with Crippen LogP contribution >= 0.6 is 0 Å². The van der Waals surface area contributed by atoms with E-state index in [0.717, 1.165) is 4.68 Å². The summed E-state index contributed by atoms with van der Waals surface area (Å²) in [6.07, 6.45) is 0. The predicted molar refractivity (Wildman–Crippen MR) is 103 cm³/mol. The molecule has 30 heavy (non-hydrogen) atoms. The molecule has 1 heterocycles. The number of esters is 1. The highest BCUT2D eigenvalue weighted by Crippen LogP contribution is 2.23. The van der Waals surface area contributed by atoms with Crippen LogP contribution in [-0.2, 0) is 20.9 Å². The third kappa shape index (κ3) is 5.31. The smallest absolute Gasteiger partial charge is 0.437 e. The zero-order chi connectivity index (χ0) is 21.5. The van der Waals surface area contributed by atoms with Crippen molar-refractivity contribution in [2.75, 3.05) is 18.5 Å². The van der Waals surface area contributed by atoms with Crippen molar-refractivity contribution < 1.29 is 27.9 Å². The summed E-state index contributed by atoms with van der Waals surface area (Å²) in [5.41, 5.74) is 0.810. The minimum atomic E-state index is -0.888. The first-order valence-corrected chi connectivity index (χ1v) is 8.97. The number of carbonyl (C=O) groups is 2. The molecule has 9 nitrogen and oxygen atoms in total. The molecule has 1 N–H and O–H groups in total. The molecule has 0 bridgehead atoms. The van der Waals surface area contributed by atoms with Gasteiger partial charge in [0.05, 0.1) is 12.3 Å². The highest BCUT2D eigenvalue weighted by atomic mass is 19.1. The predicted octanol–water partition coefficient (Wildman–Crippen LogP) is 2.22. The van der Waals surface area contributed by atoms with Crippen molar-refractivity contribution >= 4 is 17.6 Å². The Morgan fingerprint density at radius 1 is 1.17 bits per heavy atom. The lowest BCUT2D eigenvalue weighted by Crippen LogP contribution is -2.26. The molecule has 3 rings (SSSR count). The van der Waals surface area contributed by atoms with Gasteiger partial charge in [-0.3, -0.25) is 9.59 Å². The van der Waals surface area contributed by atoms with Gasteiger partial charge in [0.2, 0.25) is 5.89 Å². The van der Waals surface area contributed by atoms with Gasteiger partial charge in [-0.05, 0) is 43.3 Å². The zero-order valence-electron chi connectivity index (χ0n) is 16.0. The molecule has 0 saturated heterocycles. The number of ether oxygens (including phenoxy) is 2. The molecule has 1 amide bonds. The van der Waals surface area contributed by atoms with E-state index in [4.69, 9.17) is 13.9 Å². The van der Waals surface area contributed by atoms with E-state index in [1.807, 2.05) is 6.92 Å². The second kappa shape index (κ2) is 9.50. The van der Waals surface area contributed by atoms with Crippen LogP contribution in [0.3, 0.4) is 0 Å². The molecular weight excluding hydrogens is 397 g/mol. The quantitative estimate of drug-likeness (QED) is 0.561. The Balaban J connectivity index is 1.55. The Bertz CT molecular complexity index is 1090. The van der Waals surface area contributed by atoms with E-state index in [9.17, 15) is 18.8 Å². The molecule has 10 heteroatoms. The third-order valence-electron chi connectivity index (χ3n) is 3.80. The van der Waals surface area contributed by atoms with Crippen LogP contribution < -0.4 is 15.8 Å². The highest BCUT2D eigenvalue weighted by Gasteiger charge is 2.16. The Kier molecular flexibility index (Phi) is 6.58. The van der Waals surface area contributed by atoms with Crippen LogP contribution in [0.2, 0.25) is 0 Å². The Morgan fingerprint density at radius 2 is 1.90 bits per heavy atom. The van der Waals surface area contributed by atoms with Gasteiger partial charge in [-0.15, -0.1) is 5.10 Å². The van der Waals surface area contributed by atoms with E-state index in [0.29, 0.717) is 23.6 Å². The Morgan fingerprint density at radius 3 is 2.63 bits per heavy atom. The van der Waals surface area contributed by atoms with Crippen molar-refractivity contribution in [2.24, 2.45) is 0 Å². The second-order valence-electron chi connectivity index (χ2n) is 5.98. The third-order valence-corrected chi connectivity index (χ3v) is 3.80. The lowest BCUT2D eigenvalue weighted by atomic mass is 10.2. The van der Waals surface area contributed by atoms with Crippen LogP contribution in [0.4, 0.5) is 10.1 Å². The Hall–Kier alpha value is -3.95. The number of nitrogens with zero attached hydrogens (tertiary/aromatic N) is 2. The van der Waals surface area contributed by atoms with Gasteiger partial charge in [0.1, 0.15) is 18.1 Å². The van der Waals surface area contributed by atoms with E-state index in [-0.39, 0.29) is 5.89 Å². The van der Waals surface area contributed by atoms with Crippen LogP contribution in [0.25, 0.3) is 11.5 Å². The summed E-state index contributed by atoms with van der Waals surface area (Å²) in [6, 6.07) is 12.0. The lowest BCUT2D eigenvalue weighted by molar-refractivity contribution is -0.148. The van der Waals surface area contributed by atoms with Crippen LogP contribution in [0, 0.1) is 5.82 Å². The maximum atomic E-state index is 13.0. The van der Waals surface area contributed by atoms with E-state index in [1.165, 1.54) is 24.3 Å². The number of halogens is 1. The molecule has 2 aromatic carbocycles. The first-order chi connectivity index (χ1) is 14.5. The van der Waals surface area contributed by atoms with E-state index in [1.54, 1.807) is 24.3 Å². The van der Waals surface area contributed by atoms with Gasteiger partial charge in [-0.1, -0.05) is 12.1 Å². The standard InChI is InChI=1S/C20H18FN3O6/c1-2-28-16-6-4-3-5-15(16)22-17(25)12-29-18(26)11-24-20(27)30-19(23-24)13-7-9-14(21)10-8-13/h3-10H,2,11-12H2,1H3,(H,22,25). The van der Waals surface area contributed by atoms with Crippen molar-refractivity contribution in [3.63, 3.8) is 0 Å². The number of hydrogen-bond acceptors (Lipinski definition) is 7. The second-order valence-corrected chi connectivity index (χ2v) is 5.98. The summed E-state index contributed by atoms with van der Waals surface area (Å²) < 4.78 is 29.0. The molecule has 0 saturated carbocycles. The van der Waals surface area contributed by atoms with Gasteiger partial charge in [0.25, 0.3) is 5.91 Å². The lowest BCUT2D eigenvalue weighted by Gasteiger charge is -2.11. The van der Waals surface area contributed by atoms with Crippen molar-refractivity contribution in [3.05, 3.63) is 64.9 Å². The summed E-state index contributed by atoms with van der Waals surface area (Å²) in [6.45, 7) is 1.13. The van der Waals surface area contributed by atoms with Gasteiger partial charge in [0, 0.05) is 5.56 Å². The fraction of sp³-hybridized carbons (Fsp3) is 0.200. The molecule has 3 aromatic rings. The maximum absolute atomic E-state index is 13.0. The summed E-state index contributed by atoms with van der Waals surface area (Å²) in [5.74, 6) is -2.35. The van der Waals surface area contributed by atoms with Crippen LogP contribution in [0.15, 0.2) is 57.7 Å². The molecule has 1 aromatic heterocycles. The number of anilines is 1. The van der Waals surface area contributed by atoms with Gasteiger partial charge >= 0.3 is 11.7 Å². The topological polar surface area (TPSA) is 113 Å². The van der Waals surface area contributed by atoms with Gasteiger partial charge in [-0.2, -0.15) is 4.68 Å². The van der Waals surface area contributed by atoms with Gasteiger partial charge < -0.3 is 19.2 Å². The van der Waals surface area contributed by atoms with Crippen molar-refractivity contribution in [1.82, 2.24) is 9.78 Å². The van der Waals surface area contributed by atoms with Gasteiger partial charge in [0.15, 0.2) is 6.61 Å². The molecule has 0 aliphatic rings. The minimum absolute atomic E-state index is 0.0712. The van der Waals surface area contributed by atoms with E-state index < -0.39 is 36.6 Å². The van der Waals surface area contributed by atoms with Gasteiger partial charge in [-0.25, -0.2) is 9.18 Å². The molecule has 0 fully saturated rings. The maximum Gasteiger partial charge on any atom is 0.437 e. The molecule has 0 spiro atoms. The Labute approximate surface area is 170 Å². The van der Waals surface area contributed by atoms with Crippen LogP contribution in [-0.4, -0.2) is 34.9 Å². The van der Waals surface area contributed by atoms with E-state index in [2.05, 4.69) is 10.4 Å². The first kappa shape index (κ1) is 20.8. The number of amides is 1. The van der Waals surface area contributed by atoms with Crippen molar-refractivity contribution in [3.8, 4) is 17.2 Å². The number of aromatic nitrogens is 2. The number of para-hydroxylation sites is 2. The molecule has 0 atom stereocenters. The largest absolute Gasteiger partial charge is 0.492 e. The minimum Gasteiger partial charge on any atom is -0.492 e.